The summed E-state index contributed by atoms with van der Waals surface area (Å²) in [5.41, 5.74) is 5.72. The van der Waals surface area contributed by atoms with E-state index in [0.717, 1.165) is 13.1 Å². The Morgan fingerprint density at radius 2 is 1.69 bits per heavy atom. The van der Waals surface area contributed by atoms with E-state index in [4.69, 9.17) is 5.73 Å². The topological polar surface area (TPSA) is 29.3 Å². The van der Waals surface area contributed by atoms with Crippen LogP contribution >= 0.6 is 0 Å². The van der Waals surface area contributed by atoms with Crippen LogP contribution in [0.4, 0.5) is 0 Å². The van der Waals surface area contributed by atoms with Gasteiger partial charge in [0, 0.05) is 25.7 Å². The van der Waals surface area contributed by atoms with Crippen molar-refractivity contribution in [3.05, 3.63) is 25.3 Å². The third-order valence-corrected chi connectivity index (χ3v) is 2.21. The largest absolute Gasteiger partial charge is 0.329 e. The fourth-order valence-corrected chi connectivity index (χ4v) is 1.52. The first kappa shape index (κ1) is 12.4. The molecule has 0 fully saturated rings. The first-order valence-corrected chi connectivity index (χ1v) is 4.83. The summed E-state index contributed by atoms with van der Waals surface area (Å²) in [5, 5.41) is 0. The van der Waals surface area contributed by atoms with Gasteiger partial charge < -0.3 is 5.73 Å². The number of hydrogen-bond acceptors (Lipinski definition) is 2. The highest BCUT2D eigenvalue weighted by Crippen LogP contribution is 2.09. The molecular formula is C11H22N2. The number of hydrogen-bond donors (Lipinski definition) is 1. The molecular weight excluding hydrogens is 160 g/mol. The zero-order valence-corrected chi connectivity index (χ0v) is 8.87. The maximum Gasteiger partial charge on any atom is 0.0247 e. The van der Waals surface area contributed by atoms with E-state index >= 15 is 0 Å². The quantitative estimate of drug-likeness (QED) is 0.607. The molecule has 0 heterocycles. The molecule has 0 rings (SSSR count). The molecule has 0 aliphatic rings. The van der Waals surface area contributed by atoms with Crippen molar-refractivity contribution in [3.8, 4) is 0 Å². The van der Waals surface area contributed by atoms with Crippen LogP contribution in [0.25, 0.3) is 0 Å². The molecule has 76 valence electrons. The van der Waals surface area contributed by atoms with Gasteiger partial charge in [-0.3, -0.25) is 4.90 Å². The Labute approximate surface area is 82.1 Å². The Morgan fingerprint density at radius 3 is 1.92 bits per heavy atom. The summed E-state index contributed by atoms with van der Waals surface area (Å²) in [6.07, 6.45) is 3.82. The molecule has 13 heavy (non-hydrogen) atoms. The number of nitrogens with zero attached hydrogens (tertiary/aromatic N) is 1. The minimum Gasteiger partial charge on any atom is -0.329 e. The second-order valence-electron chi connectivity index (χ2n) is 3.58. The molecule has 0 aromatic rings. The van der Waals surface area contributed by atoms with Crippen molar-refractivity contribution in [3.63, 3.8) is 0 Å². The van der Waals surface area contributed by atoms with Crippen LogP contribution in [-0.4, -0.2) is 30.6 Å². The summed E-state index contributed by atoms with van der Waals surface area (Å²) < 4.78 is 0. The van der Waals surface area contributed by atoms with Gasteiger partial charge in [0.05, 0.1) is 0 Å². The average Bonchev–Trinajstić information content (AvgIpc) is 2.05. The normalized spacial score (nSPS) is 13.3. The SMILES string of the molecule is C=CCN(CC=C)[C@@H](CN)C(C)C. The summed E-state index contributed by atoms with van der Waals surface area (Å²) in [6, 6.07) is 0.427. The Balaban J connectivity index is 4.27. The Kier molecular flexibility index (Phi) is 6.55. The van der Waals surface area contributed by atoms with Crippen molar-refractivity contribution < 1.29 is 0 Å². The summed E-state index contributed by atoms with van der Waals surface area (Å²) in [6.45, 7) is 14.3. The molecule has 0 saturated heterocycles. The first-order chi connectivity index (χ1) is 6.17. The van der Waals surface area contributed by atoms with E-state index in [-0.39, 0.29) is 0 Å². The van der Waals surface area contributed by atoms with Crippen molar-refractivity contribution >= 4 is 0 Å². The van der Waals surface area contributed by atoms with E-state index in [1.807, 2.05) is 12.2 Å². The van der Waals surface area contributed by atoms with Gasteiger partial charge in [-0.2, -0.15) is 0 Å². The molecule has 1 atom stereocenters. The maximum absolute atomic E-state index is 5.72. The van der Waals surface area contributed by atoms with Gasteiger partial charge in [0.25, 0.3) is 0 Å². The van der Waals surface area contributed by atoms with E-state index in [1.54, 1.807) is 0 Å². The van der Waals surface area contributed by atoms with Gasteiger partial charge in [-0.15, -0.1) is 13.2 Å². The summed E-state index contributed by atoms with van der Waals surface area (Å²) >= 11 is 0. The molecule has 0 aromatic carbocycles. The minimum absolute atomic E-state index is 0.427. The Bertz CT molecular complexity index is 142. The van der Waals surface area contributed by atoms with E-state index in [2.05, 4.69) is 31.9 Å². The second-order valence-corrected chi connectivity index (χ2v) is 3.58. The van der Waals surface area contributed by atoms with Crippen LogP contribution in [0.5, 0.6) is 0 Å². The highest BCUT2D eigenvalue weighted by atomic mass is 15.2. The van der Waals surface area contributed by atoms with Crippen LogP contribution in [-0.2, 0) is 0 Å². The highest BCUT2D eigenvalue weighted by Gasteiger charge is 2.17. The molecule has 0 saturated carbocycles. The van der Waals surface area contributed by atoms with Gasteiger partial charge in [0.2, 0.25) is 0 Å². The Hall–Kier alpha value is -0.600. The second kappa shape index (κ2) is 6.87. The number of rotatable bonds is 7. The van der Waals surface area contributed by atoms with Crippen LogP contribution in [0.3, 0.4) is 0 Å². The van der Waals surface area contributed by atoms with E-state index in [0.29, 0.717) is 18.5 Å². The smallest absolute Gasteiger partial charge is 0.0247 e. The minimum atomic E-state index is 0.427. The van der Waals surface area contributed by atoms with Gasteiger partial charge in [-0.25, -0.2) is 0 Å². The molecule has 0 amide bonds. The van der Waals surface area contributed by atoms with Crippen molar-refractivity contribution in [2.24, 2.45) is 11.7 Å². The predicted octanol–water partition coefficient (Wildman–Crippen LogP) is 1.64. The van der Waals surface area contributed by atoms with Crippen molar-refractivity contribution in [1.29, 1.82) is 0 Å². The van der Waals surface area contributed by atoms with Crippen LogP contribution in [0.15, 0.2) is 25.3 Å². The lowest BCUT2D eigenvalue weighted by molar-refractivity contribution is 0.195. The zero-order valence-electron chi connectivity index (χ0n) is 8.87. The highest BCUT2D eigenvalue weighted by molar-refractivity contribution is 4.86. The van der Waals surface area contributed by atoms with Gasteiger partial charge in [0.15, 0.2) is 0 Å². The lowest BCUT2D eigenvalue weighted by Gasteiger charge is -2.31. The van der Waals surface area contributed by atoms with E-state index < -0.39 is 0 Å². The lowest BCUT2D eigenvalue weighted by Crippen LogP contribution is -2.44. The van der Waals surface area contributed by atoms with Crippen LogP contribution in [0.2, 0.25) is 0 Å². The third kappa shape index (κ3) is 4.25. The van der Waals surface area contributed by atoms with Crippen LogP contribution < -0.4 is 5.73 Å². The number of nitrogens with two attached hydrogens (primary N) is 1. The average molecular weight is 182 g/mol. The Morgan fingerprint density at radius 1 is 1.23 bits per heavy atom. The van der Waals surface area contributed by atoms with Gasteiger partial charge >= 0.3 is 0 Å². The van der Waals surface area contributed by atoms with Gasteiger partial charge in [-0.1, -0.05) is 26.0 Å². The van der Waals surface area contributed by atoms with Crippen molar-refractivity contribution in [2.45, 2.75) is 19.9 Å². The molecule has 0 radical (unpaired) electrons. The van der Waals surface area contributed by atoms with E-state index in [9.17, 15) is 0 Å². The third-order valence-electron chi connectivity index (χ3n) is 2.21. The summed E-state index contributed by atoms with van der Waals surface area (Å²) in [4.78, 5) is 2.30. The van der Waals surface area contributed by atoms with Crippen LogP contribution in [0.1, 0.15) is 13.8 Å². The van der Waals surface area contributed by atoms with E-state index in [1.165, 1.54) is 0 Å². The first-order valence-electron chi connectivity index (χ1n) is 4.83. The molecule has 2 nitrogen and oxygen atoms in total. The molecule has 0 aliphatic carbocycles. The fourth-order valence-electron chi connectivity index (χ4n) is 1.52. The monoisotopic (exact) mass is 182 g/mol. The molecule has 2 N–H and O–H groups in total. The maximum atomic E-state index is 5.72. The zero-order chi connectivity index (χ0) is 10.3. The predicted molar refractivity (Wildman–Crippen MR) is 59.6 cm³/mol. The molecule has 0 aromatic heterocycles. The molecule has 0 spiro atoms. The molecule has 0 bridgehead atoms. The van der Waals surface area contributed by atoms with Crippen molar-refractivity contribution in [2.75, 3.05) is 19.6 Å². The molecule has 0 unspecified atom stereocenters. The van der Waals surface area contributed by atoms with Crippen molar-refractivity contribution in [1.82, 2.24) is 4.90 Å². The summed E-state index contributed by atoms with van der Waals surface area (Å²) in [5.74, 6) is 0.574. The van der Waals surface area contributed by atoms with Crippen LogP contribution in [0, 0.1) is 5.92 Å². The molecule has 0 aliphatic heterocycles. The molecule has 2 heteroatoms. The van der Waals surface area contributed by atoms with Gasteiger partial charge in [-0.05, 0) is 5.92 Å². The lowest BCUT2D eigenvalue weighted by atomic mass is 10.0. The summed E-state index contributed by atoms with van der Waals surface area (Å²) in [7, 11) is 0. The fraction of sp³-hybridized carbons (Fsp3) is 0.636. The van der Waals surface area contributed by atoms with Gasteiger partial charge in [0.1, 0.15) is 0 Å². The standard InChI is InChI=1S/C11H22N2/c1-5-7-13(8-6-2)11(9-12)10(3)4/h5-6,10-11H,1-2,7-9,12H2,3-4H3/t11-/m0/s1.